The third-order valence-corrected chi connectivity index (χ3v) is 3.66. The van der Waals surface area contributed by atoms with Gasteiger partial charge in [0, 0.05) is 18.5 Å². The number of hydrogen-bond acceptors (Lipinski definition) is 4. The smallest absolute Gasteiger partial charge is 0.144 e. The SMILES string of the molecule is N#Cc1cc2ccccc2nc1NCC1CCCOC1. The van der Waals surface area contributed by atoms with Crippen molar-refractivity contribution in [2.24, 2.45) is 5.92 Å². The molecule has 3 rings (SSSR count). The van der Waals surface area contributed by atoms with Crippen molar-refractivity contribution in [1.82, 2.24) is 4.98 Å². The Labute approximate surface area is 118 Å². The summed E-state index contributed by atoms with van der Waals surface area (Å²) in [4.78, 5) is 4.56. The van der Waals surface area contributed by atoms with Crippen LogP contribution in [0.1, 0.15) is 18.4 Å². The van der Waals surface area contributed by atoms with E-state index < -0.39 is 0 Å². The number of ether oxygens (including phenoxy) is 1. The second kappa shape index (κ2) is 5.89. The molecule has 1 aromatic carbocycles. The predicted octanol–water partition coefficient (Wildman–Crippen LogP) is 2.94. The number of hydrogen-bond donors (Lipinski definition) is 1. The lowest BCUT2D eigenvalue weighted by Crippen LogP contribution is -2.24. The highest BCUT2D eigenvalue weighted by Gasteiger charge is 2.15. The Morgan fingerprint density at radius 3 is 3.10 bits per heavy atom. The Balaban J connectivity index is 1.80. The number of para-hydroxylation sites is 1. The van der Waals surface area contributed by atoms with Crippen LogP contribution in [0, 0.1) is 17.2 Å². The highest BCUT2D eigenvalue weighted by molar-refractivity contribution is 5.82. The van der Waals surface area contributed by atoms with Crippen LogP contribution in [0.25, 0.3) is 10.9 Å². The van der Waals surface area contributed by atoms with Gasteiger partial charge in [0.05, 0.1) is 17.7 Å². The standard InChI is InChI=1S/C16H17N3O/c17-9-14-8-13-5-1-2-6-15(13)19-16(14)18-10-12-4-3-7-20-11-12/h1-2,5-6,8,12H,3-4,7,10-11H2,(H,18,19). The van der Waals surface area contributed by atoms with Gasteiger partial charge in [-0.3, -0.25) is 0 Å². The van der Waals surface area contributed by atoms with Gasteiger partial charge in [0.1, 0.15) is 11.9 Å². The van der Waals surface area contributed by atoms with Crippen molar-refractivity contribution in [2.75, 3.05) is 25.1 Å². The minimum Gasteiger partial charge on any atom is -0.381 e. The molecule has 1 N–H and O–H groups in total. The van der Waals surface area contributed by atoms with Gasteiger partial charge in [-0.15, -0.1) is 0 Å². The Morgan fingerprint density at radius 2 is 2.30 bits per heavy atom. The zero-order chi connectivity index (χ0) is 13.8. The summed E-state index contributed by atoms with van der Waals surface area (Å²) in [5.41, 5.74) is 1.51. The molecule has 0 radical (unpaired) electrons. The molecule has 1 atom stereocenters. The molecule has 0 aliphatic carbocycles. The van der Waals surface area contributed by atoms with Crippen molar-refractivity contribution >= 4 is 16.7 Å². The molecule has 0 spiro atoms. The van der Waals surface area contributed by atoms with Crippen LogP contribution in [-0.4, -0.2) is 24.7 Å². The number of aromatic nitrogens is 1. The molecular formula is C16H17N3O. The first-order valence-corrected chi connectivity index (χ1v) is 6.98. The molecule has 4 nitrogen and oxygen atoms in total. The number of pyridine rings is 1. The van der Waals surface area contributed by atoms with E-state index in [0.29, 0.717) is 17.3 Å². The lowest BCUT2D eigenvalue weighted by Gasteiger charge is -2.22. The van der Waals surface area contributed by atoms with Crippen molar-refractivity contribution < 1.29 is 4.74 Å². The highest BCUT2D eigenvalue weighted by atomic mass is 16.5. The summed E-state index contributed by atoms with van der Waals surface area (Å²) in [5.74, 6) is 1.18. The summed E-state index contributed by atoms with van der Waals surface area (Å²) < 4.78 is 5.47. The number of anilines is 1. The second-order valence-corrected chi connectivity index (χ2v) is 5.15. The monoisotopic (exact) mass is 267 g/mol. The van der Waals surface area contributed by atoms with Gasteiger partial charge in [-0.1, -0.05) is 18.2 Å². The lowest BCUT2D eigenvalue weighted by atomic mass is 10.0. The number of nitrogens with one attached hydrogen (secondary N) is 1. The van der Waals surface area contributed by atoms with E-state index in [0.717, 1.165) is 37.1 Å². The molecule has 4 heteroatoms. The number of benzene rings is 1. The Hall–Kier alpha value is -2.12. The molecule has 20 heavy (non-hydrogen) atoms. The molecule has 1 fully saturated rings. The summed E-state index contributed by atoms with van der Waals surface area (Å²) >= 11 is 0. The van der Waals surface area contributed by atoms with Gasteiger partial charge in [0.2, 0.25) is 0 Å². The van der Waals surface area contributed by atoms with E-state index in [2.05, 4.69) is 16.4 Å². The fourth-order valence-electron chi connectivity index (χ4n) is 2.55. The maximum absolute atomic E-state index is 9.26. The summed E-state index contributed by atoms with van der Waals surface area (Å²) in [6.07, 6.45) is 2.28. The Bertz CT molecular complexity index is 642. The third-order valence-electron chi connectivity index (χ3n) is 3.66. The van der Waals surface area contributed by atoms with Crippen LogP contribution in [0.15, 0.2) is 30.3 Å². The Morgan fingerprint density at radius 1 is 1.40 bits per heavy atom. The van der Waals surface area contributed by atoms with Gasteiger partial charge in [0.15, 0.2) is 0 Å². The first-order valence-electron chi connectivity index (χ1n) is 6.98. The van der Waals surface area contributed by atoms with Crippen LogP contribution in [0.3, 0.4) is 0 Å². The minimum atomic E-state index is 0.503. The minimum absolute atomic E-state index is 0.503. The molecule has 2 heterocycles. The average Bonchev–Trinajstić information content (AvgIpc) is 2.53. The molecule has 0 amide bonds. The van der Waals surface area contributed by atoms with Crippen LogP contribution in [0.5, 0.6) is 0 Å². The predicted molar refractivity (Wildman–Crippen MR) is 78.5 cm³/mol. The van der Waals surface area contributed by atoms with Gasteiger partial charge in [-0.05, 0) is 30.9 Å². The van der Waals surface area contributed by atoms with Gasteiger partial charge < -0.3 is 10.1 Å². The maximum Gasteiger partial charge on any atom is 0.144 e. The quantitative estimate of drug-likeness (QED) is 0.929. The number of nitriles is 1. The topological polar surface area (TPSA) is 57.9 Å². The fourth-order valence-corrected chi connectivity index (χ4v) is 2.55. The van der Waals surface area contributed by atoms with E-state index in [1.165, 1.54) is 6.42 Å². The third kappa shape index (κ3) is 2.73. The van der Waals surface area contributed by atoms with Crippen molar-refractivity contribution in [3.8, 4) is 6.07 Å². The number of rotatable bonds is 3. The van der Waals surface area contributed by atoms with E-state index in [4.69, 9.17) is 4.74 Å². The summed E-state index contributed by atoms with van der Waals surface area (Å²) in [5, 5.41) is 13.6. The van der Waals surface area contributed by atoms with Crippen molar-refractivity contribution in [3.63, 3.8) is 0 Å². The van der Waals surface area contributed by atoms with Crippen LogP contribution >= 0.6 is 0 Å². The molecule has 1 unspecified atom stereocenters. The van der Waals surface area contributed by atoms with Crippen LogP contribution in [-0.2, 0) is 4.74 Å². The van der Waals surface area contributed by atoms with Gasteiger partial charge in [0.25, 0.3) is 0 Å². The van der Waals surface area contributed by atoms with Crippen molar-refractivity contribution in [2.45, 2.75) is 12.8 Å². The van der Waals surface area contributed by atoms with E-state index in [-0.39, 0.29) is 0 Å². The molecule has 2 aromatic rings. The normalized spacial score (nSPS) is 18.6. The number of fused-ring (bicyclic) bond motifs is 1. The van der Waals surface area contributed by atoms with E-state index in [1.807, 2.05) is 30.3 Å². The maximum atomic E-state index is 9.26. The molecule has 1 aromatic heterocycles. The van der Waals surface area contributed by atoms with Crippen molar-refractivity contribution in [1.29, 1.82) is 5.26 Å². The second-order valence-electron chi connectivity index (χ2n) is 5.15. The summed E-state index contributed by atoms with van der Waals surface area (Å²) in [6.45, 7) is 2.47. The van der Waals surface area contributed by atoms with E-state index >= 15 is 0 Å². The van der Waals surface area contributed by atoms with Gasteiger partial charge in [-0.25, -0.2) is 4.98 Å². The first kappa shape index (κ1) is 12.9. The summed E-state index contributed by atoms with van der Waals surface area (Å²) in [6, 6.07) is 12.0. The zero-order valence-electron chi connectivity index (χ0n) is 11.3. The van der Waals surface area contributed by atoms with E-state index in [9.17, 15) is 5.26 Å². The lowest BCUT2D eigenvalue weighted by molar-refractivity contribution is 0.0595. The number of nitrogens with zero attached hydrogens (tertiary/aromatic N) is 2. The molecule has 1 aliphatic rings. The zero-order valence-corrected chi connectivity index (χ0v) is 11.3. The van der Waals surface area contributed by atoms with Gasteiger partial charge in [-0.2, -0.15) is 5.26 Å². The Kier molecular flexibility index (Phi) is 3.80. The van der Waals surface area contributed by atoms with Crippen molar-refractivity contribution in [3.05, 3.63) is 35.9 Å². The molecule has 102 valence electrons. The highest BCUT2D eigenvalue weighted by Crippen LogP contribution is 2.21. The van der Waals surface area contributed by atoms with Crippen LogP contribution in [0.2, 0.25) is 0 Å². The average molecular weight is 267 g/mol. The molecule has 1 aliphatic heterocycles. The molecular weight excluding hydrogens is 250 g/mol. The molecule has 1 saturated heterocycles. The van der Waals surface area contributed by atoms with E-state index in [1.54, 1.807) is 0 Å². The molecule has 0 saturated carbocycles. The van der Waals surface area contributed by atoms with Gasteiger partial charge >= 0.3 is 0 Å². The fraction of sp³-hybridized carbons (Fsp3) is 0.375. The first-order chi connectivity index (χ1) is 9.86. The largest absolute Gasteiger partial charge is 0.381 e. The van der Waals surface area contributed by atoms with Crippen LogP contribution in [0.4, 0.5) is 5.82 Å². The molecule has 0 bridgehead atoms. The van der Waals surface area contributed by atoms with Crippen LogP contribution < -0.4 is 5.32 Å². The summed E-state index contributed by atoms with van der Waals surface area (Å²) in [7, 11) is 0.